The third kappa shape index (κ3) is 6.34. The topological polar surface area (TPSA) is 69.0 Å². The van der Waals surface area contributed by atoms with Gasteiger partial charge in [0.2, 0.25) is 5.91 Å². The molecule has 0 saturated carbocycles. The van der Waals surface area contributed by atoms with Crippen molar-refractivity contribution in [2.75, 3.05) is 5.75 Å². The molecule has 2 unspecified atom stereocenters. The van der Waals surface area contributed by atoms with E-state index in [9.17, 15) is 4.79 Å². The highest BCUT2D eigenvalue weighted by atomic mass is 32.2. The van der Waals surface area contributed by atoms with E-state index >= 15 is 0 Å². The Bertz CT molecular complexity index is 1260. The summed E-state index contributed by atoms with van der Waals surface area (Å²) in [4.78, 5) is 12.7. The van der Waals surface area contributed by atoms with Crippen molar-refractivity contribution in [2.45, 2.75) is 50.9 Å². The maximum Gasteiger partial charge on any atom is 0.230 e. The van der Waals surface area contributed by atoms with Crippen LogP contribution in [0.5, 0.6) is 5.75 Å². The first-order valence-electron chi connectivity index (χ1n) is 12.2. The minimum absolute atomic E-state index is 0.0601. The van der Waals surface area contributed by atoms with E-state index in [0.717, 1.165) is 17.0 Å². The van der Waals surface area contributed by atoms with E-state index in [4.69, 9.17) is 4.74 Å². The third-order valence-corrected chi connectivity index (χ3v) is 6.83. The Morgan fingerprint density at radius 3 is 2.14 bits per heavy atom. The zero-order valence-corrected chi connectivity index (χ0v) is 21.9. The first kappa shape index (κ1) is 25.5. The van der Waals surface area contributed by atoms with E-state index < -0.39 is 0 Å². The predicted octanol–water partition coefficient (Wildman–Crippen LogP) is 6.50. The van der Waals surface area contributed by atoms with Crippen molar-refractivity contribution < 1.29 is 9.53 Å². The Hall–Kier alpha value is -3.58. The number of nitrogens with one attached hydrogen (secondary N) is 1. The van der Waals surface area contributed by atoms with Gasteiger partial charge in [-0.15, -0.1) is 10.2 Å². The molecule has 1 heterocycles. The second kappa shape index (κ2) is 11.9. The quantitative estimate of drug-likeness (QED) is 0.252. The average molecular weight is 501 g/mol. The summed E-state index contributed by atoms with van der Waals surface area (Å²) in [6.45, 7) is 8.28. The standard InChI is InChI=1S/C29H32N4O2S/c1-20(2)23-15-17-26(18-16-23)35-22(4)28-31-32-29(33(28)25-13-9-6-10-14-25)36-19-27(34)30-21(3)24-11-7-5-8-12-24/h5-18,20-22H,19H2,1-4H3,(H,30,34). The molecule has 1 amide bonds. The molecular weight excluding hydrogens is 468 g/mol. The number of amides is 1. The number of hydrogen-bond acceptors (Lipinski definition) is 5. The summed E-state index contributed by atoms with van der Waals surface area (Å²) in [5, 5.41) is 12.6. The van der Waals surface area contributed by atoms with E-state index in [-0.39, 0.29) is 23.8 Å². The minimum Gasteiger partial charge on any atom is -0.483 e. The molecule has 0 aliphatic carbocycles. The molecule has 4 rings (SSSR count). The van der Waals surface area contributed by atoms with Crippen LogP contribution < -0.4 is 10.1 Å². The molecule has 0 fully saturated rings. The van der Waals surface area contributed by atoms with Crippen LogP contribution in [0.1, 0.15) is 62.7 Å². The van der Waals surface area contributed by atoms with E-state index in [1.54, 1.807) is 0 Å². The molecule has 0 spiro atoms. The van der Waals surface area contributed by atoms with Crippen LogP contribution in [0.3, 0.4) is 0 Å². The van der Waals surface area contributed by atoms with Crippen molar-refractivity contribution in [1.29, 1.82) is 0 Å². The lowest BCUT2D eigenvalue weighted by atomic mass is 10.0. The Balaban J connectivity index is 1.49. The average Bonchev–Trinajstić information content (AvgIpc) is 3.33. The van der Waals surface area contributed by atoms with Gasteiger partial charge in [0, 0.05) is 5.69 Å². The summed E-state index contributed by atoms with van der Waals surface area (Å²) in [7, 11) is 0. The van der Waals surface area contributed by atoms with Gasteiger partial charge >= 0.3 is 0 Å². The van der Waals surface area contributed by atoms with Gasteiger partial charge < -0.3 is 10.1 Å². The van der Waals surface area contributed by atoms with Crippen LogP contribution in [0.15, 0.2) is 90.1 Å². The number of nitrogens with zero attached hydrogens (tertiary/aromatic N) is 3. The number of para-hydroxylation sites is 1. The van der Waals surface area contributed by atoms with E-state index in [1.807, 2.05) is 91.2 Å². The van der Waals surface area contributed by atoms with Crippen LogP contribution in [-0.4, -0.2) is 26.4 Å². The molecular formula is C29H32N4O2S. The minimum atomic E-state index is -0.344. The van der Waals surface area contributed by atoms with Crippen LogP contribution in [0.2, 0.25) is 0 Å². The van der Waals surface area contributed by atoms with Crippen LogP contribution in [0.4, 0.5) is 0 Å². The smallest absolute Gasteiger partial charge is 0.230 e. The number of benzene rings is 3. The van der Waals surface area contributed by atoms with Crippen molar-refractivity contribution in [3.05, 3.63) is 102 Å². The molecule has 1 aromatic heterocycles. The molecule has 6 nitrogen and oxygen atoms in total. The molecule has 0 saturated heterocycles. The third-order valence-electron chi connectivity index (χ3n) is 5.91. The van der Waals surface area contributed by atoms with Gasteiger partial charge in [-0.3, -0.25) is 9.36 Å². The lowest BCUT2D eigenvalue weighted by molar-refractivity contribution is -0.119. The van der Waals surface area contributed by atoms with Gasteiger partial charge in [0.25, 0.3) is 0 Å². The number of thioether (sulfide) groups is 1. The summed E-state index contributed by atoms with van der Waals surface area (Å²) >= 11 is 1.36. The zero-order valence-electron chi connectivity index (χ0n) is 21.1. The molecule has 4 aromatic rings. The van der Waals surface area contributed by atoms with Gasteiger partial charge in [0.15, 0.2) is 17.1 Å². The SMILES string of the molecule is CC(C)c1ccc(OC(C)c2nnc(SCC(=O)NC(C)c3ccccc3)n2-c2ccccc2)cc1. The maximum atomic E-state index is 12.7. The van der Waals surface area contributed by atoms with Gasteiger partial charge in [0.05, 0.1) is 11.8 Å². The number of rotatable bonds is 10. The Kier molecular flexibility index (Phi) is 8.44. The Morgan fingerprint density at radius 1 is 0.861 bits per heavy atom. The molecule has 2 atom stereocenters. The molecule has 1 N–H and O–H groups in total. The Labute approximate surface area is 217 Å². The molecule has 3 aromatic carbocycles. The second-order valence-electron chi connectivity index (χ2n) is 8.98. The number of carbonyl (C=O) groups is 1. The van der Waals surface area contributed by atoms with E-state index in [1.165, 1.54) is 17.3 Å². The highest BCUT2D eigenvalue weighted by Gasteiger charge is 2.22. The first-order chi connectivity index (χ1) is 17.4. The van der Waals surface area contributed by atoms with Crippen LogP contribution in [0, 0.1) is 0 Å². The van der Waals surface area contributed by atoms with Crippen LogP contribution in [-0.2, 0) is 4.79 Å². The van der Waals surface area contributed by atoms with E-state index in [2.05, 4.69) is 41.5 Å². The maximum absolute atomic E-state index is 12.7. The molecule has 186 valence electrons. The summed E-state index contributed by atoms with van der Waals surface area (Å²) in [5.74, 6) is 2.08. The van der Waals surface area contributed by atoms with Crippen molar-refractivity contribution in [1.82, 2.24) is 20.1 Å². The first-order valence-corrected chi connectivity index (χ1v) is 13.2. The molecule has 0 bridgehead atoms. The number of aromatic nitrogens is 3. The van der Waals surface area contributed by atoms with Crippen molar-refractivity contribution >= 4 is 17.7 Å². The fourth-order valence-corrected chi connectivity index (χ4v) is 4.65. The second-order valence-corrected chi connectivity index (χ2v) is 9.93. The highest BCUT2D eigenvalue weighted by molar-refractivity contribution is 7.99. The van der Waals surface area contributed by atoms with Crippen LogP contribution in [0.25, 0.3) is 5.69 Å². The fraction of sp³-hybridized carbons (Fsp3) is 0.276. The molecule has 36 heavy (non-hydrogen) atoms. The largest absolute Gasteiger partial charge is 0.483 e. The van der Waals surface area contributed by atoms with Gasteiger partial charge in [-0.1, -0.05) is 86.3 Å². The lowest BCUT2D eigenvalue weighted by Gasteiger charge is -2.17. The number of ether oxygens (including phenoxy) is 1. The van der Waals surface area contributed by atoms with Gasteiger partial charge in [-0.2, -0.15) is 0 Å². The highest BCUT2D eigenvalue weighted by Crippen LogP contribution is 2.28. The van der Waals surface area contributed by atoms with Gasteiger partial charge in [-0.25, -0.2) is 0 Å². The molecule has 0 aliphatic heterocycles. The summed E-state index contributed by atoms with van der Waals surface area (Å²) < 4.78 is 8.19. The van der Waals surface area contributed by atoms with Crippen molar-refractivity contribution in [2.24, 2.45) is 0 Å². The molecule has 7 heteroatoms. The normalized spacial score (nSPS) is 12.8. The summed E-state index contributed by atoms with van der Waals surface area (Å²) in [6, 6.07) is 27.9. The van der Waals surface area contributed by atoms with E-state index in [0.29, 0.717) is 16.9 Å². The van der Waals surface area contributed by atoms with Gasteiger partial charge in [0.1, 0.15) is 5.75 Å². The Morgan fingerprint density at radius 2 is 1.50 bits per heavy atom. The lowest BCUT2D eigenvalue weighted by Crippen LogP contribution is -2.28. The number of hydrogen-bond donors (Lipinski definition) is 1. The van der Waals surface area contributed by atoms with Crippen LogP contribution >= 0.6 is 11.8 Å². The predicted molar refractivity (Wildman–Crippen MR) is 145 cm³/mol. The van der Waals surface area contributed by atoms with Crippen molar-refractivity contribution in [3.63, 3.8) is 0 Å². The summed E-state index contributed by atoms with van der Waals surface area (Å²) in [6.07, 6.45) is -0.344. The van der Waals surface area contributed by atoms with Crippen molar-refractivity contribution in [3.8, 4) is 11.4 Å². The van der Waals surface area contributed by atoms with Gasteiger partial charge in [-0.05, 0) is 55.2 Å². The molecule has 0 aliphatic rings. The number of carbonyl (C=O) groups excluding carboxylic acids is 1. The molecule has 0 radical (unpaired) electrons. The monoisotopic (exact) mass is 500 g/mol. The fourth-order valence-electron chi connectivity index (χ4n) is 3.88. The summed E-state index contributed by atoms with van der Waals surface area (Å²) in [5.41, 5.74) is 3.25. The zero-order chi connectivity index (χ0) is 25.5.